The Kier molecular flexibility index (Phi) is 14.4. The Morgan fingerprint density at radius 1 is 0.574 bits per heavy atom. The molecule has 0 amide bonds. The van der Waals surface area contributed by atoms with Gasteiger partial charge in [-0.05, 0) is 87.0 Å². The fourth-order valence-corrected chi connectivity index (χ4v) is 5.68. The smallest absolute Gasteiger partial charge is 0.123 e. The Balaban J connectivity index is 1.50. The molecule has 0 spiro atoms. The number of aryl methyl sites for hydroxylation is 2. The van der Waals surface area contributed by atoms with Crippen LogP contribution >= 0.6 is 0 Å². The molecule has 0 bridgehead atoms. The van der Waals surface area contributed by atoms with Gasteiger partial charge < -0.3 is 19.7 Å². The van der Waals surface area contributed by atoms with E-state index in [1.165, 1.54) is 65.5 Å². The van der Waals surface area contributed by atoms with Crippen molar-refractivity contribution in [2.45, 2.75) is 71.6 Å². The van der Waals surface area contributed by atoms with E-state index in [-0.39, 0.29) is 13.2 Å². The fraction of sp³-hybridized carbons (Fsp3) is 0.349. The van der Waals surface area contributed by atoms with Crippen molar-refractivity contribution in [3.63, 3.8) is 0 Å². The maximum atomic E-state index is 9.30. The van der Waals surface area contributed by atoms with Gasteiger partial charge in [0.1, 0.15) is 11.5 Å². The van der Waals surface area contributed by atoms with E-state index in [9.17, 15) is 10.2 Å². The lowest BCUT2D eigenvalue weighted by Gasteiger charge is -2.15. The van der Waals surface area contributed by atoms with Gasteiger partial charge in [-0.25, -0.2) is 0 Å². The Hall–Kier alpha value is -4.12. The maximum Gasteiger partial charge on any atom is 0.123 e. The predicted octanol–water partition coefficient (Wildman–Crippen LogP) is 10.4. The zero-order valence-corrected chi connectivity index (χ0v) is 28.4. The molecule has 0 aliphatic rings. The zero-order chi connectivity index (χ0) is 33.4. The summed E-state index contributed by atoms with van der Waals surface area (Å²) in [4.78, 5) is 0. The van der Waals surface area contributed by atoms with E-state index >= 15 is 0 Å². The van der Waals surface area contributed by atoms with Crippen LogP contribution in [0.2, 0.25) is 0 Å². The molecule has 4 rings (SSSR count). The van der Waals surface area contributed by atoms with E-state index in [2.05, 4.69) is 93.7 Å². The maximum absolute atomic E-state index is 9.30. The first-order chi connectivity index (χ1) is 22.9. The molecule has 4 heteroatoms. The largest absolute Gasteiger partial charge is 0.493 e. The van der Waals surface area contributed by atoms with Gasteiger partial charge in [-0.3, -0.25) is 0 Å². The van der Waals surface area contributed by atoms with Crippen LogP contribution in [0, 0.1) is 0 Å². The summed E-state index contributed by atoms with van der Waals surface area (Å²) in [6.07, 6.45) is 9.77. The molecule has 0 aliphatic carbocycles. The summed E-state index contributed by atoms with van der Waals surface area (Å²) < 4.78 is 12.1. The molecule has 0 aliphatic heterocycles. The summed E-state index contributed by atoms with van der Waals surface area (Å²) in [7, 11) is 0. The lowest BCUT2D eigenvalue weighted by atomic mass is 9.92. The summed E-state index contributed by atoms with van der Waals surface area (Å²) in [5.41, 5.74) is 11.2. The third kappa shape index (κ3) is 11.0. The minimum atomic E-state index is -0.0478. The van der Waals surface area contributed by atoms with Gasteiger partial charge in [0, 0.05) is 18.9 Å². The molecule has 0 aromatic heterocycles. The van der Waals surface area contributed by atoms with Crippen molar-refractivity contribution in [3.8, 4) is 44.9 Å². The average Bonchev–Trinajstić information content (AvgIpc) is 3.11. The highest BCUT2D eigenvalue weighted by Crippen LogP contribution is 2.35. The highest BCUT2D eigenvalue weighted by molar-refractivity contribution is 5.77. The summed E-state index contributed by atoms with van der Waals surface area (Å²) >= 11 is 0. The summed E-state index contributed by atoms with van der Waals surface area (Å²) in [5, 5.41) is 18.6. The minimum Gasteiger partial charge on any atom is -0.493 e. The predicted molar refractivity (Wildman–Crippen MR) is 197 cm³/mol. The van der Waals surface area contributed by atoms with E-state index < -0.39 is 0 Å². The molecule has 4 nitrogen and oxygen atoms in total. The molecule has 0 radical (unpaired) electrons. The molecular weight excluding hydrogens is 580 g/mol. The highest BCUT2D eigenvalue weighted by atomic mass is 16.5. The van der Waals surface area contributed by atoms with Crippen molar-refractivity contribution in [1.29, 1.82) is 0 Å². The van der Waals surface area contributed by atoms with Crippen LogP contribution in [0.25, 0.3) is 33.4 Å². The zero-order valence-electron chi connectivity index (χ0n) is 28.4. The number of benzene rings is 4. The number of aliphatic hydroxyl groups is 2. The van der Waals surface area contributed by atoms with Crippen LogP contribution in [0.4, 0.5) is 0 Å². The lowest BCUT2D eigenvalue weighted by molar-refractivity contribution is 0.285. The van der Waals surface area contributed by atoms with Gasteiger partial charge in [0.05, 0.1) is 26.4 Å². The molecule has 2 N–H and O–H groups in total. The second-order valence-corrected chi connectivity index (χ2v) is 12.4. The average molecular weight is 633 g/mol. The van der Waals surface area contributed by atoms with Crippen molar-refractivity contribution in [2.75, 3.05) is 26.4 Å². The van der Waals surface area contributed by atoms with Crippen LogP contribution in [0.1, 0.15) is 69.9 Å². The van der Waals surface area contributed by atoms with Crippen molar-refractivity contribution >= 4 is 0 Å². The molecule has 0 heterocycles. The SMILES string of the molecule is C=C(CO)CCOc1cc(OCCC(=C)CO)cc(-c2ccc(-c3ccc(-c4ccc(CCCCCCC)cc4)cc3)c(CC)c2)c1. The third-order valence-corrected chi connectivity index (χ3v) is 8.65. The standard InChI is InChI=1S/C43H52O4/c1-5-7-8-9-10-11-34-12-14-36(15-13-34)37-16-18-38(19-17-37)43-21-20-39(26-35(43)6-2)40-27-41(46-24-22-32(3)30-44)29-42(28-40)47-25-23-33(4)31-45/h12-21,26-29,44-45H,3-11,22-25,30-31H2,1-2H3. The second kappa shape index (κ2) is 18.9. The molecule has 248 valence electrons. The molecule has 4 aromatic carbocycles. The number of unbranched alkanes of at least 4 members (excludes halogenated alkanes) is 4. The summed E-state index contributed by atoms with van der Waals surface area (Å²) in [6, 6.07) is 30.6. The number of aliphatic hydroxyl groups excluding tert-OH is 2. The van der Waals surface area contributed by atoms with Crippen molar-refractivity contribution < 1.29 is 19.7 Å². The quantitative estimate of drug-likeness (QED) is 0.0752. The number of hydrogen-bond donors (Lipinski definition) is 2. The van der Waals surface area contributed by atoms with E-state index in [4.69, 9.17) is 9.47 Å². The van der Waals surface area contributed by atoms with E-state index in [0.717, 1.165) is 35.1 Å². The molecule has 47 heavy (non-hydrogen) atoms. The first-order valence-electron chi connectivity index (χ1n) is 17.2. The van der Waals surface area contributed by atoms with Crippen LogP contribution < -0.4 is 9.47 Å². The minimum absolute atomic E-state index is 0.0478. The molecule has 0 unspecified atom stereocenters. The summed E-state index contributed by atoms with van der Waals surface area (Å²) in [5.74, 6) is 1.39. The van der Waals surface area contributed by atoms with Crippen LogP contribution in [0.5, 0.6) is 11.5 Å². The van der Waals surface area contributed by atoms with Crippen LogP contribution in [0.15, 0.2) is 109 Å². The summed E-state index contributed by atoms with van der Waals surface area (Å²) in [6.45, 7) is 12.9. The van der Waals surface area contributed by atoms with Crippen LogP contribution in [-0.4, -0.2) is 36.6 Å². The van der Waals surface area contributed by atoms with Crippen molar-refractivity contribution in [1.82, 2.24) is 0 Å². The van der Waals surface area contributed by atoms with Crippen LogP contribution in [-0.2, 0) is 12.8 Å². The molecule has 0 atom stereocenters. The third-order valence-electron chi connectivity index (χ3n) is 8.65. The van der Waals surface area contributed by atoms with Gasteiger partial charge in [0.2, 0.25) is 0 Å². The van der Waals surface area contributed by atoms with Gasteiger partial charge in [0.15, 0.2) is 0 Å². The van der Waals surface area contributed by atoms with Gasteiger partial charge in [-0.1, -0.05) is 119 Å². The highest BCUT2D eigenvalue weighted by Gasteiger charge is 2.11. The Morgan fingerprint density at radius 3 is 1.66 bits per heavy atom. The number of hydrogen-bond acceptors (Lipinski definition) is 4. The topological polar surface area (TPSA) is 58.9 Å². The van der Waals surface area contributed by atoms with Gasteiger partial charge in [-0.2, -0.15) is 0 Å². The number of ether oxygens (including phenoxy) is 2. The van der Waals surface area contributed by atoms with Crippen molar-refractivity contribution in [3.05, 3.63) is 120 Å². The number of rotatable bonds is 20. The van der Waals surface area contributed by atoms with Gasteiger partial charge in [0.25, 0.3) is 0 Å². The monoisotopic (exact) mass is 632 g/mol. The van der Waals surface area contributed by atoms with E-state index in [1.807, 2.05) is 18.2 Å². The van der Waals surface area contributed by atoms with Crippen molar-refractivity contribution in [2.24, 2.45) is 0 Å². The first-order valence-corrected chi connectivity index (χ1v) is 17.2. The molecule has 0 saturated carbocycles. The molecule has 0 saturated heterocycles. The van der Waals surface area contributed by atoms with Gasteiger partial charge >= 0.3 is 0 Å². The first kappa shape index (κ1) is 35.7. The lowest BCUT2D eigenvalue weighted by Crippen LogP contribution is -2.03. The Labute approximate surface area is 282 Å². The van der Waals surface area contributed by atoms with Crippen LogP contribution in [0.3, 0.4) is 0 Å². The van der Waals surface area contributed by atoms with E-state index in [0.29, 0.717) is 37.6 Å². The Bertz CT molecular complexity index is 1530. The second-order valence-electron chi connectivity index (χ2n) is 12.4. The fourth-order valence-electron chi connectivity index (χ4n) is 5.68. The molecule has 0 fully saturated rings. The van der Waals surface area contributed by atoms with Gasteiger partial charge in [-0.15, -0.1) is 0 Å². The molecular formula is C43H52O4. The van der Waals surface area contributed by atoms with E-state index in [1.54, 1.807) is 0 Å². The normalized spacial score (nSPS) is 11.0. The molecule has 4 aromatic rings. The Morgan fingerprint density at radius 2 is 1.11 bits per heavy atom.